The lowest BCUT2D eigenvalue weighted by molar-refractivity contribution is -0.140. The Morgan fingerprint density at radius 1 is 1.03 bits per heavy atom. The molecule has 0 atom stereocenters. The van der Waals surface area contributed by atoms with Crippen molar-refractivity contribution in [2.75, 3.05) is 18.1 Å². The Bertz CT molecular complexity index is 945. The number of hydrogen-bond donors (Lipinski definition) is 2. The second-order valence-electron chi connectivity index (χ2n) is 8.33. The molecule has 2 aromatic rings. The predicted octanol–water partition coefficient (Wildman–Crippen LogP) is 4.77. The van der Waals surface area contributed by atoms with Crippen LogP contribution in [0.15, 0.2) is 48.5 Å². The van der Waals surface area contributed by atoms with Crippen molar-refractivity contribution in [2.45, 2.75) is 45.4 Å². The van der Waals surface area contributed by atoms with Crippen molar-refractivity contribution >= 4 is 29.4 Å². The first-order valence-corrected chi connectivity index (χ1v) is 11.2. The molecule has 0 aliphatic heterocycles. The molecule has 170 valence electrons. The molecule has 0 saturated heterocycles. The molecule has 1 aliphatic rings. The molecule has 1 saturated carbocycles. The van der Waals surface area contributed by atoms with Gasteiger partial charge in [-0.3, -0.25) is 4.79 Å². The van der Waals surface area contributed by atoms with E-state index in [4.69, 9.17) is 20.9 Å². The minimum Gasteiger partial charge on any atom is -0.462 e. The Balaban J connectivity index is 1.42. The molecule has 4 N–H and O–H groups in total. The zero-order valence-electron chi connectivity index (χ0n) is 18.6. The van der Waals surface area contributed by atoms with E-state index in [-0.39, 0.29) is 18.5 Å². The molecule has 0 radical (unpaired) electrons. The van der Waals surface area contributed by atoms with Gasteiger partial charge in [-0.25, -0.2) is 4.79 Å². The lowest BCUT2D eigenvalue weighted by Gasteiger charge is -2.26. The zero-order valence-corrected chi connectivity index (χ0v) is 18.6. The number of esters is 2. The highest BCUT2D eigenvalue weighted by Crippen LogP contribution is 2.31. The molecule has 2 aromatic carbocycles. The van der Waals surface area contributed by atoms with Gasteiger partial charge in [0.15, 0.2) is 0 Å². The first-order chi connectivity index (χ1) is 15.4. The first-order valence-electron chi connectivity index (χ1n) is 11.2. The van der Waals surface area contributed by atoms with E-state index in [2.05, 4.69) is 6.92 Å². The van der Waals surface area contributed by atoms with Gasteiger partial charge >= 0.3 is 11.9 Å². The van der Waals surface area contributed by atoms with Gasteiger partial charge in [0.2, 0.25) is 0 Å². The summed E-state index contributed by atoms with van der Waals surface area (Å²) in [7, 11) is 0. The molecule has 0 heterocycles. The molecule has 1 fully saturated rings. The fourth-order valence-electron chi connectivity index (χ4n) is 3.97. The summed E-state index contributed by atoms with van der Waals surface area (Å²) in [6, 6.07) is 12.4. The first kappa shape index (κ1) is 23.4. The third-order valence-electron chi connectivity index (χ3n) is 6.05. The summed E-state index contributed by atoms with van der Waals surface area (Å²) in [5.41, 5.74) is 14.5. The molecular formula is C26H32N2O4. The van der Waals surface area contributed by atoms with Crippen molar-refractivity contribution in [3.63, 3.8) is 0 Å². The minimum absolute atomic E-state index is 0.00395. The number of carbonyl (C=O) groups excluding carboxylic acids is 2. The van der Waals surface area contributed by atoms with Crippen molar-refractivity contribution in [2.24, 2.45) is 11.8 Å². The molecule has 6 nitrogen and oxygen atoms in total. The number of nitrogen functional groups attached to an aromatic ring is 2. The number of ether oxygens (including phenoxy) is 2. The number of rotatable bonds is 8. The SMILES string of the molecule is CCC1CCC(C(=O)Oc2ccc(/C=C/C(=O)OCCc3ccc(N)cc3N)cc2)CC1. The Kier molecular flexibility index (Phi) is 8.31. The number of carbonyl (C=O) groups is 2. The van der Waals surface area contributed by atoms with Crippen LogP contribution in [0.2, 0.25) is 0 Å². The van der Waals surface area contributed by atoms with Crippen molar-refractivity contribution in [1.29, 1.82) is 0 Å². The van der Waals surface area contributed by atoms with Crippen LogP contribution in [-0.4, -0.2) is 18.5 Å². The minimum atomic E-state index is -0.433. The summed E-state index contributed by atoms with van der Waals surface area (Å²) >= 11 is 0. The maximum atomic E-state index is 12.4. The fourth-order valence-corrected chi connectivity index (χ4v) is 3.97. The molecule has 0 aromatic heterocycles. The van der Waals surface area contributed by atoms with Crippen molar-refractivity contribution in [3.8, 4) is 5.75 Å². The lowest BCUT2D eigenvalue weighted by Crippen LogP contribution is -2.25. The van der Waals surface area contributed by atoms with E-state index < -0.39 is 5.97 Å². The average Bonchev–Trinajstić information content (AvgIpc) is 2.80. The van der Waals surface area contributed by atoms with Gasteiger partial charge in [0.25, 0.3) is 0 Å². The number of benzene rings is 2. The third-order valence-corrected chi connectivity index (χ3v) is 6.05. The van der Waals surface area contributed by atoms with Crippen molar-refractivity contribution < 1.29 is 19.1 Å². The van der Waals surface area contributed by atoms with Crippen molar-refractivity contribution in [3.05, 3.63) is 59.7 Å². The second-order valence-corrected chi connectivity index (χ2v) is 8.33. The predicted molar refractivity (Wildman–Crippen MR) is 127 cm³/mol. The highest BCUT2D eigenvalue weighted by atomic mass is 16.5. The van der Waals surface area contributed by atoms with Crippen LogP contribution in [0.1, 0.15) is 50.2 Å². The Labute approximate surface area is 189 Å². The van der Waals surface area contributed by atoms with Crippen LogP contribution in [0.5, 0.6) is 5.75 Å². The van der Waals surface area contributed by atoms with Crippen LogP contribution in [0.4, 0.5) is 11.4 Å². The fraction of sp³-hybridized carbons (Fsp3) is 0.385. The van der Waals surface area contributed by atoms with E-state index in [1.807, 2.05) is 6.07 Å². The van der Waals surface area contributed by atoms with Gasteiger partial charge in [0.1, 0.15) is 5.75 Å². The maximum absolute atomic E-state index is 12.4. The second kappa shape index (κ2) is 11.4. The molecule has 0 amide bonds. The zero-order chi connectivity index (χ0) is 22.9. The molecule has 0 spiro atoms. The van der Waals surface area contributed by atoms with E-state index >= 15 is 0 Å². The summed E-state index contributed by atoms with van der Waals surface area (Å²) in [5, 5.41) is 0. The molecule has 1 aliphatic carbocycles. The van der Waals surface area contributed by atoms with E-state index in [0.717, 1.165) is 42.7 Å². The van der Waals surface area contributed by atoms with Gasteiger partial charge in [-0.05, 0) is 73.1 Å². The smallest absolute Gasteiger partial charge is 0.330 e. The van der Waals surface area contributed by atoms with Gasteiger partial charge in [0.05, 0.1) is 12.5 Å². The standard InChI is InChI=1S/C26H32N2O4/c1-2-18-3-8-21(9-4-18)26(30)32-23-12-5-19(6-13-23)7-14-25(29)31-16-15-20-10-11-22(27)17-24(20)28/h5-7,10-14,17-18,21H,2-4,8-9,15-16,27-28H2,1H3/b14-7+. The quantitative estimate of drug-likeness (QED) is 0.267. The Morgan fingerprint density at radius 3 is 2.41 bits per heavy atom. The summed E-state index contributed by atoms with van der Waals surface area (Å²) in [6.07, 6.45) is 8.76. The normalized spacial score (nSPS) is 18.4. The van der Waals surface area contributed by atoms with Crippen LogP contribution in [-0.2, 0) is 20.7 Å². The van der Waals surface area contributed by atoms with Gasteiger partial charge in [0, 0.05) is 23.9 Å². The lowest BCUT2D eigenvalue weighted by atomic mass is 9.81. The summed E-state index contributed by atoms with van der Waals surface area (Å²) in [6.45, 7) is 2.43. The number of anilines is 2. The van der Waals surface area contributed by atoms with Crippen LogP contribution < -0.4 is 16.2 Å². The summed E-state index contributed by atoms with van der Waals surface area (Å²) < 4.78 is 10.8. The number of hydrogen-bond acceptors (Lipinski definition) is 6. The van der Waals surface area contributed by atoms with Crippen molar-refractivity contribution in [1.82, 2.24) is 0 Å². The highest BCUT2D eigenvalue weighted by molar-refractivity contribution is 5.87. The Hall–Kier alpha value is -3.28. The van der Waals surface area contributed by atoms with Crippen LogP contribution in [0.3, 0.4) is 0 Å². The van der Waals surface area contributed by atoms with Gasteiger partial charge in [-0.2, -0.15) is 0 Å². The van der Waals surface area contributed by atoms with E-state index in [9.17, 15) is 9.59 Å². The summed E-state index contributed by atoms with van der Waals surface area (Å²) in [4.78, 5) is 24.3. The van der Waals surface area contributed by atoms with E-state index in [0.29, 0.717) is 23.5 Å². The van der Waals surface area contributed by atoms with Gasteiger partial charge in [-0.15, -0.1) is 0 Å². The van der Waals surface area contributed by atoms with Crippen LogP contribution in [0.25, 0.3) is 6.08 Å². The molecular weight excluding hydrogens is 404 g/mol. The van der Waals surface area contributed by atoms with E-state index in [1.54, 1.807) is 42.5 Å². The van der Waals surface area contributed by atoms with Crippen LogP contribution >= 0.6 is 0 Å². The molecule has 0 bridgehead atoms. The van der Waals surface area contributed by atoms with Gasteiger partial charge in [-0.1, -0.05) is 31.5 Å². The van der Waals surface area contributed by atoms with E-state index in [1.165, 1.54) is 12.5 Å². The van der Waals surface area contributed by atoms with Gasteiger partial charge < -0.3 is 20.9 Å². The molecule has 6 heteroatoms. The maximum Gasteiger partial charge on any atom is 0.330 e. The average molecular weight is 437 g/mol. The summed E-state index contributed by atoms with van der Waals surface area (Å²) in [5.74, 6) is 0.683. The highest BCUT2D eigenvalue weighted by Gasteiger charge is 2.26. The third kappa shape index (κ3) is 6.87. The van der Waals surface area contributed by atoms with Crippen LogP contribution in [0, 0.1) is 11.8 Å². The molecule has 0 unspecified atom stereocenters. The molecule has 32 heavy (non-hydrogen) atoms. The topological polar surface area (TPSA) is 105 Å². The molecule has 3 rings (SSSR count). The monoisotopic (exact) mass is 436 g/mol. The largest absolute Gasteiger partial charge is 0.462 e. The number of nitrogens with two attached hydrogens (primary N) is 2. The Morgan fingerprint density at radius 2 is 1.75 bits per heavy atom.